The second kappa shape index (κ2) is 8.60. The van der Waals surface area contributed by atoms with E-state index >= 15 is 0 Å². The fourth-order valence-electron chi connectivity index (χ4n) is 3.40. The summed E-state index contributed by atoms with van der Waals surface area (Å²) >= 11 is 1.65. The molecule has 1 aliphatic rings. The predicted molar refractivity (Wildman–Crippen MR) is 104 cm³/mol. The topological polar surface area (TPSA) is 63.4 Å². The molecule has 3 rings (SSSR count). The highest BCUT2D eigenvalue weighted by Crippen LogP contribution is 2.30. The number of methoxy groups -OCH3 is 1. The van der Waals surface area contributed by atoms with Crippen LogP contribution in [-0.2, 0) is 13.6 Å². The van der Waals surface area contributed by atoms with Crippen molar-refractivity contribution >= 4 is 11.8 Å². The number of rotatable bonds is 7. The minimum absolute atomic E-state index is 0.285. The average Bonchev–Trinajstić information content (AvgIpc) is 3.02. The Morgan fingerprint density at radius 3 is 3.00 bits per heavy atom. The van der Waals surface area contributed by atoms with Crippen LogP contribution in [0.15, 0.2) is 36.0 Å². The smallest absolute Gasteiger partial charge is 0.191 e. The molecule has 0 aliphatic carbocycles. The van der Waals surface area contributed by atoms with Crippen LogP contribution in [0.5, 0.6) is 11.5 Å². The molecule has 1 aliphatic heterocycles. The second-order valence-corrected chi connectivity index (χ2v) is 7.56. The summed E-state index contributed by atoms with van der Waals surface area (Å²) in [5, 5.41) is 19.9. The first-order chi connectivity index (χ1) is 12.6. The van der Waals surface area contributed by atoms with Crippen molar-refractivity contribution in [2.75, 3.05) is 26.0 Å². The Bertz CT molecular complexity index is 762. The number of piperidine rings is 1. The number of likely N-dealkylation sites (tertiary alicyclic amines) is 1. The SMILES string of the molecule is C=CCSc1nnc([C@@H]2CCCN(Cc3ccc(OC)cc3O)C2)n1C. The number of phenolic OH excluding ortho intramolecular Hbond substituents is 1. The Morgan fingerprint density at radius 1 is 1.42 bits per heavy atom. The van der Waals surface area contributed by atoms with Gasteiger partial charge in [-0.05, 0) is 25.5 Å². The molecule has 1 fully saturated rings. The minimum atomic E-state index is 0.285. The first-order valence-corrected chi connectivity index (χ1v) is 9.82. The van der Waals surface area contributed by atoms with Gasteiger partial charge in [-0.15, -0.1) is 16.8 Å². The molecule has 0 unspecified atom stereocenters. The summed E-state index contributed by atoms with van der Waals surface area (Å²) in [6, 6.07) is 5.49. The van der Waals surface area contributed by atoms with Crippen LogP contribution in [-0.4, -0.2) is 50.7 Å². The van der Waals surface area contributed by atoms with Crippen molar-refractivity contribution in [2.45, 2.75) is 30.5 Å². The molecule has 0 spiro atoms. The largest absolute Gasteiger partial charge is 0.507 e. The molecular weight excluding hydrogens is 348 g/mol. The second-order valence-electron chi connectivity index (χ2n) is 6.57. The summed E-state index contributed by atoms with van der Waals surface area (Å²) < 4.78 is 7.26. The van der Waals surface area contributed by atoms with Gasteiger partial charge >= 0.3 is 0 Å². The summed E-state index contributed by atoms with van der Waals surface area (Å²) in [4.78, 5) is 2.38. The van der Waals surface area contributed by atoms with E-state index in [2.05, 4.69) is 26.2 Å². The molecule has 0 bridgehead atoms. The maximum Gasteiger partial charge on any atom is 0.191 e. The Balaban J connectivity index is 1.68. The summed E-state index contributed by atoms with van der Waals surface area (Å²) in [5.41, 5.74) is 0.923. The standard InChI is InChI=1S/C19H26N4O2S/c1-4-10-26-19-21-20-18(22(19)2)15-6-5-9-23(13-15)12-14-7-8-16(25-3)11-17(14)24/h4,7-8,11,15,24H,1,5-6,9-10,12-13H2,2-3H3/t15-/m1/s1. The van der Waals surface area contributed by atoms with E-state index in [9.17, 15) is 5.11 Å². The van der Waals surface area contributed by atoms with Gasteiger partial charge in [-0.25, -0.2) is 0 Å². The van der Waals surface area contributed by atoms with E-state index in [4.69, 9.17) is 4.74 Å². The maximum atomic E-state index is 10.2. The molecule has 1 aromatic carbocycles. The fraction of sp³-hybridized carbons (Fsp3) is 0.474. The van der Waals surface area contributed by atoms with E-state index in [1.54, 1.807) is 24.9 Å². The lowest BCUT2D eigenvalue weighted by atomic mass is 9.96. The van der Waals surface area contributed by atoms with Crippen LogP contribution in [0.25, 0.3) is 0 Å². The van der Waals surface area contributed by atoms with Crippen molar-refractivity contribution in [2.24, 2.45) is 7.05 Å². The molecular formula is C19H26N4O2S. The summed E-state index contributed by atoms with van der Waals surface area (Å²) in [5.74, 6) is 3.19. The van der Waals surface area contributed by atoms with Gasteiger partial charge in [-0.2, -0.15) is 0 Å². The average molecular weight is 375 g/mol. The number of aromatic hydroxyl groups is 1. The van der Waals surface area contributed by atoms with Gasteiger partial charge < -0.3 is 14.4 Å². The van der Waals surface area contributed by atoms with Gasteiger partial charge in [0.25, 0.3) is 0 Å². The van der Waals surface area contributed by atoms with E-state index in [0.29, 0.717) is 11.7 Å². The highest BCUT2D eigenvalue weighted by molar-refractivity contribution is 7.99. The first kappa shape index (κ1) is 18.8. The molecule has 26 heavy (non-hydrogen) atoms. The molecule has 7 heteroatoms. The molecule has 2 aromatic rings. The van der Waals surface area contributed by atoms with Gasteiger partial charge in [0.1, 0.15) is 17.3 Å². The Morgan fingerprint density at radius 2 is 2.27 bits per heavy atom. The van der Waals surface area contributed by atoms with Crippen LogP contribution in [0.4, 0.5) is 0 Å². The van der Waals surface area contributed by atoms with E-state index in [-0.39, 0.29) is 5.75 Å². The number of thioether (sulfide) groups is 1. The summed E-state index contributed by atoms with van der Waals surface area (Å²) in [7, 11) is 3.64. The number of ether oxygens (including phenoxy) is 1. The van der Waals surface area contributed by atoms with E-state index in [1.807, 2.05) is 25.3 Å². The molecule has 0 amide bonds. The molecule has 1 saturated heterocycles. The number of hydrogen-bond donors (Lipinski definition) is 1. The summed E-state index contributed by atoms with van der Waals surface area (Å²) in [6.07, 6.45) is 4.11. The molecule has 0 radical (unpaired) electrons. The minimum Gasteiger partial charge on any atom is -0.507 e. The van der Waals surface area contributed by atoms with Crippen molar-refractivity contribution in [3.8, 4) is 11.5 Å². The molecule has 6 nitrogen and oxygen atoms in total. The lowest BCUT2D eigenvalue weighted by Crippen LogP contribution is -2.34. The van der Waals surface area contributed by atoms with Gasteiger partial charge in [0, 0.05) is 43.4 Å². The highest BCUT2D eigenvalue weighted by atomic mass is 32.2. The third-order valence-corrected chi connectivity index (χ3v) is 5.77. The molecule has 0 saturated carbocycles. The molecule has 140 valence electrons. The van der Waals surface area contributed by atoms with Crippen LogP contribution >= 0.6 is 11.8 Å². The van der Waals surface area contributed by atoms with Crippen molar-refractivity contribution in [3.63, 3.8) is 0 Å². The third-order valence-electron chi connectivity index (χ3n) is 4.76. The van der Waals surface area contributed by atoms with Crippen LogP contribution in [0.1, 0.15) is 30.1 Å². The molecule has 2 heterocycles. The maximum absolute atomic E-state index is 10.2. The number of phenols is 1. The van der Waals surface area contributed by atoms with Crippen molar-refractivity contribution in [1.82, 2.24) is 19.7 Å². The highest BCUT2D eigenvalue weighted by Gasteiger charge is 2.26. The lowest BCUT2D eigenvalue weighted by molar-refractivity contribution is 0.193. The monoisotopic (exact) mass is 374 g/mol. The van der Waals surface area contributed by atoms with Gasteiger partial charge in [-0.3, -0.25) is 4.90 Å². The van der Waals surface area contributed by atoms with Crippen LogP contribution in [0, 0.1) is 0 Å². The first-order valence-electron chi connectivity index (χ1n) is 8.83. The van der Waals surface area contributed by atoms with Crippen molar-refractivity contribution < 1.29 is 9.84 Å². The fourth-order valence-corrected chi connectivity index (χ4v) is 4.05. The van der Waals surface area contributed by atoms with Crippen molar-refractivity contribution in [1.29, 1.82) is 0 Å². The zero-order valence-corrected chi connectivity index (χ0v) is 16.2. The predicted octanol–water partition coefficient (Wildman–Crippen LogP) is 3.19. The normalized spacial score (nSPS) is 18.0. The number of hydrogen-bond acceptors (Lipinski definition) is 6. The zero-order valence-electron chi connectivity index (χ0n) is 15.4. The number of nitrogens with zero attached hydrogens (tertiary/aromatic N) is 4. The van der Waals surface area contributed by atoms with Crippen LogP contribution < -0.4 is 4.74 Å². The molecule has 1 atom stereocenters. The van der Waals surface area contributed by atoms with E-state index in [1.165, 1.54) is 0 Å². The van der Waals surface area contributed by atoms with Gasteiger partial charge in [0.05, 0.1) is 7.11 Å². The number of benzene rings is 1. The molecule has 1 aromatic heterocycles. The van der Waals surface area contributed by atoms with E-state index in [0.717, 1.165) is 54.8 Å². The van der Waals surface area contributed by atoms with Crippen molar-refractivity contribution in [3.05, 3.63) is 42.2 Å². The Labute approximate surface area is 158 Å². The Hall–Kier alpha value is -1.99. The third kappa shape index (κ3) is 4.22. The number of aromatic nitrogens is 3. The van der Waals surface area contributed by atoms with Gasteiger partial charge in [-0.1, -0.05) is 23.9 Å². The quantitative estimate of drug-likeness (QED) is 0.593. The lowest BCUT2D eigenvalue weighted by Gasteiger charge is -2.32. The zero-order chi connectivity index (χ0) is 18.5. The van der Waals surface area contributed by atoms with Crippen LogP contribution in [0.3, 0.4) is 0 Å². The van der Waals surface area contributed by atoms with E-state index < -0.39 is 0 Å². The molecule has 1 N–H and O–H groups in total. The summed E-state index contributed by atoms with van der Waals surface area (Å²) in [6.45, 7) is 6.43. The van der Waals surface area contributed by atoms with Crippen LogP contribution in [0.2, 0.25) is 0 Å². The van der Waals surface area contributed by atoms with Gasteiger partial charge in [0.15, 0.2) is 5.16 Å². The van der Waals surface area contributed by atoms with Gasteiger partial charge in [0.2, 0.25) is 0 Å². The Kier molecular flexibility index (Phi) is 6.21.